The SMILES string of the molecule is O=C(OCC(=O)N1c2ccccc2SC[C@@H]1c1ccccc1)c1ccccc1. The van der Waals surface area contributed by atoms with Crippen molar-refractivity contribution < 1.29 is 14.3 Å². The van der Waals surface area contributed by atoms with Gasteiger partial charge in [-0.3, -0.25) is 9.69 Å². The van der Waals surface area contributed by atoms with Crippen LogP contribution in [0.3, 0.4) is 0 Å². The van der Waals surface area contributed by atoms with Crippen LogP contribution in [0, 0.1) is 0 Å². The molecule has 0 spiro atoms. The number of amides is 1. The van der Waals surface area contributed by atoms with Crippen LogP contribution in [0.25, 0.3) is 0 Å². The van der Waals surface area contributed by atoms with E-state index >= 15 is 0 Å². The van der Waals surface area contributed by atoms with E-state index in [1.165, 1.54) is 0 Å². The van der Waals surface area contributed by atoms with Gasteiger partial charge in [-0.25, -0.2) is 4.79 Å². The second-order valence-corrected chi connectivity index (χ2v) is 7.47. The predicted molar refractivity (Wildman–Crippen MR) is 111 cm³/mol. The van der Waals surface area contributed by atoms with Crippen molar-refractivity contribution in [2.75, 3.05) is 17.3 Å². The summed E-state index contributed by atoms with van der Waals surface area (Å²) in [6, 6.07) is 26.4. The normalized spacial score (nSPS) is 15.6. The number of rotatable bonds is 4. The summed E-state index contributed by atoms with van der Waals surface area (Å²) in [5, 5.41) is 0. The number of thioether (sulfide) groups is 1. The fourth-order valence-corrected chi connectivity index (χ4v) is 4.44. The van der Waals surface area contributed by atoms with Crippen molar-refractivity contribution >= 4 is 29.3 Å². The standard InChI is InChI=1S/C23H19NO3S/c25-22(15-27-23(26)18-11-5-2-6-12-18)24-19-13-7-8-14-21(19)28-16-20(24)17-9-3-1-4-10-17/h1-14,20H,15-16H2/t20-/m1/s1. The van der Waals surface area contributed by atoms with Gasteiger partial charge in [0.05, 0.1) is 17.3 Å². The Balaban J connectivity index is 1.58. The number of carbonyl (C=O) groups excluding carboxylic acids is 2. The summed E-state index contributed by atoms with van der Waals surface area (Å²) >= 11 is 1.73. The number of benzene rings is 3. The topological polar surface area (TPSA) is 46.6 Å². The third kappa shape index (κ3) is 3.80. The van der Waals surface area contributed by atoms with Gasteiger partial charge in [0.2, 0.25) is 0 Å². The van der Waals surface area contributed by atoms with Gasteiger partial charge in [-0.05, 0) is 29.8 Å². The van der Waals surface area contributed by atoms with Crippen molar-refractivity contribution in [2.24, 2.45) is 0 Å². The van der Waals surface area contributed by atoms with Gasteiger partial charge in [0.1, 0.15) is 0 Å². The van der Waals surface area contributed by atoms with E-state index in [0.29, 0.717) is 5.56 Å². The minimum absolute atomic E-state index is 0.107. The lowest BCUT2D eigenvalue weighted by atomic mass is 10.1. The van der Waals surface area contributed by atoms with Gasteiger partial charge in [0, 0.05) is 10.6 Å². The summed E-state index contributed by atoms with van der Waals surface area (Å²) in [6.07, 6.45) is 0. The lowest BCUT2D eigenvalue weighted by Gasteiger charge is -2.37. The summed E-state index contributed by atoms with van der Waals surface area (Å²) in [4.78, 5) is 28.2. The van der Waals surface area contributed by atoms with Crippen LogP contribution >= 0.6 is 11.8 Å². The van der Waals surface area contributed by atoms with E-state index in [1.54, 1.807) is 40.9 Å². The molecule has 3 aromatic rings. The number of esters is 1. The number of carbonyl (C=O) groups is 2. The van der Waals surface area contributed by atoms with Crippen LogP contribution in [-0.2, 0) is 9.53 Å². The molecule has 1 aliphatic rings. The first kappa shape index (κ1) is 18.3. The number of hydrogen-bond donors (Lipinski definition) is 0. The molecule has 0 aromatic heterocycles. The second-order valence-electron chi connectivity index (χ2n) is 6.41. The second kappa shape index (κ2) is 8.31. The fourth-order valence-electron chi connectivity index (χ4n) is 3.27. The van der Waals surface area contributed by atoms with Gasteiger partial charge < -0.3 is 4.74 Å². The molecular weight excluding hydrogens is 370 g/mol. The molecule has 0 saturated carbocycles. The van der Waals surface area contributed by atoms with Gasteiger partial charge in [0.15, 0.2) is 6.61 Å². The summed E-state index contributed by atoms with van der Waals surface area (Å²) in [7, 11) is 0. The highest BCUT2D eigenvalue weighted by Gasteiger charge is 2.32. The highest BCUT2D eigenvalue weighted by molar-refractivity contribution is 7.99. The zero-order chi connectivity index (χ0) is 19.3. The average Bonchev–Trinajstić information content (AvgIpc) is 2.77. The first-order valence-electron chi connectivity index (χ1n) is 9.05. The highest BCUT2D eigenvalue weighted by atomic mass is 32.2. The molecule has 0 bridgehead atoms. The van der Waals surface area contributed by atoms with Gasteiger partial charge in [-0.1, -0.05) is 60.7 Å². The third-order valence-corrected chi connectivity index (χ3v) is 5.76. The molecule has 1 atom stereocenters. The fraction of sp³-hybridized carbons (Fsp3) is 0.130. The first-order chi connectivity index (χ1) is 13.7. The Kier molecular flexibility index (Phi) is 5.44. The van der Waals surface area contributed by atoms with E-state index in [4.69, 9.17) is 4.74 Å². The Labute approximate surface area is 168 Å². The van der Waals surface area contributed by atoms with Crippen LogP contribution in [0.1, 0.15) is 22.0 Å². The van der Waals surface area contributed by atoms with E-state index < -0.39 is 5.97 Å². The molecule has 1 heterocycles. The van der Waals surface area contributed by atoms with E-state index in [1.807, 2.05) is 60.7 Å². The van der Waals surface area contributed by atoms with Gasteiger partial charge >= 0.3 is 5.97 Å². The van der Waals surface area contributed by atoms with Gasteiger partial charge in [-0.2, -0.15) is 0 Å². The molecule has 0 aliphatic carbocycles. The number of nitrogens with zero attached hydrogens (tertiary/aromatic N) is 1. The van der Waals surface area contributed by atoms with E-state index in [2.05, 4.69) is 0 Å². The van der Waals surface area contributed by atoms with Crippen molar-refractivity contribution in [2.45, 2.75) is 10.9 Å². The zero-order valence-electron chi connectivity index (χ0n) is 15.2. The Morgan fingerprint density at radius 1 is 0.893 bits per heavy atom. The number of anilines is 1. The Hall–Kier alpha value is -3.05. The lowest BCUT2D eigenvalue weighted by Crippen LogP contribution is -2.41. The predicted octanol–water partition coefficient (Wildman–Crippen LogP) is 4.72. The van der Waals surface area contributed by atoms with E-state index in [-0.39, 0.29) is 18.6 Å². The summed E-state index contributed by atoms with van der Waals surface area (Å²) < 4.78 is 5.31. The van der Waals surface area contributed by atoms with Crippen LogP contribution in [-0.4, -0.2) is 24.2 Å². The first-order valence-corrected chi connectivity index (χ1v) is 10.0. The Morgan fingerprint density at radius 2 is 1.54 bits per heavy atom. The van der Waals surface area contributed by atoms with Crippen molar-refractivity contribution in [3.63, 3.8) is 0 Å². The minimum atomic E-state index is -0.495. The average molecular weight is 389 g/mol. The molecule has 1 aliphatic heterocycles. The van der Waals surface area contributed by atoms with Crippen LogP contribution in [0.4, 0.5) is 5.69 Å². The monoisotopic (exact) mass is 389 g/mol. The molecule has 1 amide bonds. The Bertz CT molecular complexity index is 975. The molecule has 4 nitrogen and oxygen atoms in total. The van der Waals surface area contributed by atoms with Crippen molar-refractivity contribution in [3.8, 4) is 0 Å². The summed E-state index contributed by atoms with van der Waals surface area (Å²) in [5.41, 5.74) is 2.35. The smallest absolute Gasteiger partial charge is 0.338 e. The largest absolute Gasteiger partial charge is 0.452 e. The maximum absolute atomic E-state index is 13.1. The van der Waals surface area contributed by atoms with Crippen LogP contribution < -0.4 is 4.90 Å². The van der Waals surface area contributed by atoms with Crippen molar-refractivity contribution in [1.82, 2.24) is 0 Å². The highest BCUT2D eigenvalue weighted by Crippen LogP contribution is 2.43. The van der Waals surface area contributed by atoms with Crippen LogP contribution in [0.15, 0.2) is 89.8 Å². The molecule has 28 heavy (non-hydrogen) atoms. The molecule has 3 aromatic carbocycles. The zero-order valence-corrected chi connectivity index (χ0v) is 16.0. The summed E-state index contributed by atoms with van der Waals surface area (Å²) in [5.74, 6) is 0.0233. The van der Waals surface area contributed by atoms with Gasteiger partial charge in [-0.15, -0.1) is 11.8 Å². The molecule has 4 rings (SSSR count). The number of ether oxygens (including phenoxy) is 1. The molecule has 0 unspecified atom stereocenters. The van der Waals surface area contributed by atoms with Crippen LogP contribution in [0.2, 0.25) is 0 Å². The maximum atomic E-state index is 13.1. The summed E-state index contributed by atoms with van der Waals surface area (Å²) in [6.45, 7) is -0.296. The molecule has 0 saturated heterocycles. The molecule has 5 heteroatoms. The lowest BCUT2D eigenvalue weighted by molar-refractivity contribution is -0.122. The van der Waals surface area contributed by atoms with Crippen molar-refractivity contribution in [3.05, 3.63) is 96.1 Å². The van der Waals surface area contributed by atoms with E-state index in [9.17, 15) is 9.59 Å². The van der Waals surface area contributed by atoms with Gasteiger partial charge in [0.25, 0.3) is 5.91 Å². The maximum Gasteiger partial charge on any atom is 0.338 e. The number of para-hydroxylation sites is 1. The number of fused-ring (bicyclic) bond motifs is 1. The number of hydrogen-bond acceptors (Lipinski definition) is 4. The third-order valence-electron chi connectivity index (χ3n) is 4.62. The molecule has 140 valence electrons. The quantitative estimate of drug-likeness (QED) is 0.606. The Morgan fingerprint density at radius 3 is 2.29 bits per heavy atom. The molecule has 0 fully saturated rings. The molecule has 0 N–H and O–H groups in total. The molecular formula is C23H19NO3S. The van der Waals surface area contributed by atoms with Crippen molar-refractivity contribution in [1.29, 1.82) is 0 Å². The van der Waals surface area contributed by atoms with E-state index in [0.717, 1.165) is 21.9 Å². The minimum Gasteiger partial charge on any atom is -0.452 e. The van der Waals surface area contributed by atoms with Crippen LogP contribution in [0.5, 0.6) is 0 Å². The molecule has 0 radical (unpaired) electrons.